The van der Waals surface area contributed by atoms with Gasteiger partial charge in [0, 0.05) is 32.2 Å². The Morgan fingerprint density at radius 1 is 1.10 bits per heavy atom. The lowest BCUT2D eigenvalue weighted by Crippen LogP contribution is -2.36. The fraction of sp³-hybridized carbons (Fsp3) is 0.625. The van der Waals surface area contributed by atoms with Crippen LogP contribution in [0, 0.1) is 0 Å². The van der Waals surface area contributed by atoms with E-state index in [1.54, 1.807) is 14.2 Å². The summed E-state index contributed by atoms with van der Waals surface area (Å²) >= 11 is 0. The zero-order valence-electron chi connectivity index (χ0n) is 13.3. The van der Waals surface area contributed by atoms with Crippen LogP contribution in [0.15, 0.2) is 18.2 Å². The van der Waals surface area contributed by atoms with E-state index in [0.29, 0.717) is 6.54 Å². The predicted molar refractivity (Wildman–Crippen MR) is 85.0 cm³/mol. The van der Waals surface area contributed by atoms with Crippen LogP contribution in [0.25, 0.3) is 0 Å². The number of likely N-dealkylation sites (N-methyl/N-ethyl adjacent to an activating group) is 1. The maximum absolute atomic E-state index is 6.06. The molecule has 0 amide bonds. The number of hydrogen-bond donors (Lipinski definition) is 1. The number of benzene rings is 1. The molecule has 0 spiro atoms. The molecular formula is C16H27N3O2. The third-order valence-electron chi connectivity index (χ3n) is 4.21. The first-order valence-corrected chi connectivity index (χ1v) is 7.54. The van der Waals surface area contributed by atoms with Crippen molar-refractivity contribution >= 4 is 0 Å². The Kier molecular flexibility index (Phi) is 5.85. The molecule has 1 unspecified atom stereocenters. The van der Waals surface area contributed by atoms with E-state index >= 15 is 0 Å². The smallest absolute Gasteiger partial charge is 0.161 e. The van der Waals surface area contributed by atoms with Crippen molar-refractivity contribution in [2.45, 2.75) is 12.5 Å². The molecule has 118 valence electrons. The van der Waals surface area contributed by atoms with Crippen molar-refractivity contribution in [1.82, 2.24) is 9.80 Å². The molecule has 5 nitrogen and oxygen atoms in total. The summed E-state index contributed by atoms with van der Waals surface area (Å²) < 4.78 is 10.7. The zero-order valence-corrected chi connectivity index (χ0v) is 13.3. The van der Waals surface area contributed by atoms with E-state index in [4.69, 9.17) is 15.2 Å². The van der Waals surface area contributed by atoms with Crippen LogP contribution in [-0.4, -0.2) is 63.8 Å². The molecule has 1 aliphatic heterocycles. The van der Waals surface area contributed by atoms with Gasteiger partial charge in [0.15, 0.2) is 11.5 Å². The molecule has 0 bridgehead atoms. The summed E-state index contributed by atoms with van der Waals surface area (Å²) in [5, 5.41) is 0. The first-order valence-electron chi connectivity index (χ1n) is 7.54. The van der Waals surface area contributed by atoms with Gasteiger partial charge >= 0.3 is 0 Å². The van der Waals surface area contributed by atoms with E-state index in [1.165, 1.54) is 12.0 Å². The summed E-state index contributed by atoms with van der Waals surface area (Å²) in [4.78, 5) is 4.85. The second-order valence-electron chi connectivity index (χ2n) is 5.56. The molecule has 2 rings (SSSR count). The van der Waals surface area contributed by atoms with Crippen molar-refractivity contribution in [3.8, 4) is 11.5 Å². The standard InChI is InChI=1S/C16H27N3O2/c1-18-7-4-8-19(10-9-18)14(12-17)13-5-6-15(20-2)16(11-13)21-3/h5-6,11,14H,4,7-10,12,17H2,1-3H3. The Morgan fingerprint density at radius 3 is 2.52 bits per heavy atom. The second-order valence-corrected chi connectivity index (χ2v) is 5.56. The number of nitrogens with zero attached hydrogens (tertiary/aromatic N) is 2. The molecule has 0 aromatic heterocycles. The van der Waals surface area contributed by atoms with Gasteiger partial charge in [0.2, 0.25) is 0 Å². The van der Waals surface area contributed by atoms with Gasteiger partial charge in [-0.2, -0.15) is 0 Å². The fourth-order valence-electron chi connectivity index (χ4n) is 2.93. The molecule has 21 heavy (non-hydrogen) atoms. The lowest BCUT2D eigenvalue weighted by atomic mass is 10.0. The van der Waals surface area contributed by atoms with Gasteiger partial charge in [0.1, 0.15) is 0 Å². The number of rotatable bonds is 5. The van der Waals surface area contributed by atoms with E-state index in [2.05, 4.69) is 22.9 Å². The number of hydrogen-bond acceptors (Lipinski definition) is 5. The lowest BCUT2D eigenvalue weighted by molar-refractivity contribution is 0.207. The summed E-state index contributed by atoms with van der Waals surface area (Å²) in [7, 11) is 5.50. The molecule has 0 saturated carbocycles. The van der Waals surface area contributed by atoms with Crippen molar-refractivity contribution in [3.05, 3.63) is 23.8 Å². The molecule has 1 atom stereocenters. The molecule has 0 radical (unpaired) electrons. The summed E-state index contributed by atoms with van der Waals surface area (Å²) in [5.74, 6) is 1.52. The third-order valence-corrected chi connectivity index (χ3v) is 4.21. The molecule has 1 fully saturated rings. The molecule has 1 aromatic carbocycles. The van der Waals surface area contributed by atoms with Gasteiger partial charge in [0.25, 0.3) is 0 Å². The van der Waals surface area contributed by atoms with Crippen LogP contribution in [0.4, 0.5) is 0 Å². The van der Waals surface area contributed by atoms with Crippen molar-refractivity contribution in [2.75, 3.05) is 54.0 Å². The van der Waals surface area contributed by atoms with E-state index in [1.807, 2.05) is 12.1 Å². The van der Waals surface area contributed by atoms with Gasteiger partial charge in [-0.3, -0.25) is 4.90 Å². The SMILES string of the molecule is COc1ccc(C(CN)N2CCCN(C)CC2)cc1OC. The van der Waals surface area contributed by atoms with Crippen LogP contribution in [-0.2, 0) is 0 Å². The molecule has 1 aromatic rings. The second kappa shape index (κ2) is 7.64. The van der Waals surface area contributed by atoms with E-state index in [9.17, 15) is 0 Å². The molecular weight excluding hydrogens is 266 g/mol. The van der Waals surface area contributed by atoms with Crippen LogP contribution in [0.2, 0.25) is 0 Å². The molecule has 5 heteroatoms. The highest BCUT2D eigenvalue weighted by atomic mass is 16.5. The van der Waals surface area contributed by atoms with Crippen LogP contribution in [0.1, 0.15) is 18.0 Å². The Morgan fingerprint density at radius 2 is 1.86 bits per heavy atom. The molecule has 1 aliphatic rings. The first-order chi connectivity index (χ1) is 10.2. The van der Waals surface area contributed by atoms with Gasteiger partial charge in [0.05, 0.1) is 14.2 Å². The fourth-order valence-corrected chi connectivity index (χ4v) is 2.93. The van der Waals surface area contributed by atoms with Crippen LogP contribution < -0.4 is 15.2 Å². The number of nitrogens with two attached hydrogens (primary N) is 1. The van der Waals surface area contributed by atoms with Gasteiger partial charge < -0.3 is 20.1 Å². The first kappa shape index (κ1) is 16.1. The normalized spacial score (nSPS) is 19.0. The van der Waals surface area contributed by atoms with E-state index in [-0.39, 0.29) is 6.04 Å². The summed E-state index contributed by atoms with van der Waals surface area (Å²) in [6.45, 7) is 4.98. The van der Waals surface area contributed by atoms with Gasteiger partial charge in [-0.1, -0.05) is 6.07 Å². The lowest BCUT2D eigenvalue weighted by Gasteiger charge is -2.30. The Bertz CT molecular complexity index is 453. The number of ether oxygens (including phenoxy) is 2. The maximum Gasteiger partial charge on any atom is 0.161 e. The van der Waals surface area contributed by atoms with Gasteiger partial charge in [-0.05, 0) is 37.7 Å². The highest BCUT2D eigenvalue weighted by molar-refractivity contribution is 5.43. The quantitative estimate of drug-likeness (QED) is 0.888. The van der Waals surface area contributed by atoms with Crippen molar-refractivity contribution in [2.24, 2.45) is 5.73 Å². The Hall–Kier alpha value is -1.30. The van der Waals surface area contributed by atoms with Crippen LogP contribution >= 0.6 is 0 Å². The molecule has 2 N–H and O–H groups in total. The monoisotopic (exact) mass is 293 g/mol. The van der Waals surface area contributed by atoms with Crippen molar-refractivity contribution in [3.63, 3.8) is 0 Å². The van der Waals surface area contributed by atoms with Gasteiger partial charge in [-0.15, -0.1) is 0 Å². The van der Waals surface area contributed by atoms with Gasteiger partial charge in [-0.25, -0.2) is 0 Å². The summed E-state index contributed by atoms with van der Waals surface area (Å²) in [5.41, 5.74) is 7.25. The number of methoxy groups -OCH3 is 2. The topological polar surface area (TPSA) is 51.0 Å². The van der Waals surface area contributed by atoms with E-state index < -0.39 is 0 Å². The largest absolute Gasteiger partial charge is 0.493 e. The Labute approximate surface area is 127 Å². The highest BCUT2D eigenvalue weighted by Gasteiger charge is 2.22. The predicted octanol–water partition coefficient (Wildman–Crippen LogP) is 1.34. The Balaban J connectivity index is 2.20. The maximum atomic E-state index is 6.06. The van der Waals surface area contributed by atoms with Crippen molar-refractivity contribution < 1.29 is 9.47 Å². The molecule has 0 aliphatic carbocycles. The molecule has 1 heterocycles. The summed E-state index contributed by atoms with van der Waals surface area (Å²) in [6, 6.07) is 6.33. The minimum atomic E-state index is 0.233. The average molecular weight is 293 g/mol. The molecule has 1 saturated heterocycles. The summed E-state index contributed by atoms with van der Waals surface area (Å²) in [6.07, 6.45) is 1.18. The van der Waals surface area contributed by atoms with E-state index in [0.717, 1.165) is 37.7 Å². The van der Waals surface area contributed by atoms with Crippen LogP contribution in [0.5, 0.6) is 11.5 Å². The minimum absolute atomic E-state index is 0.233. The average Bonchev–Trinajstić information content (AvgIpc) is 2.73. The third kappa shape index (κ3) is 3.87. The minimum Gasteiger partial charge on any atom is -0.493 e. The highest BCUT2D eigenvalue weighted by Crippen LogP contribution is 2.31. The van der Waals surface area contributed by atoms with Crippen molar-refractivity contribution in [1.29, 1.82) is 0 Å². The van der Waals surface area contributed by atoms with Crippen LogP contribution in [0.3, 0.4) is 0 Å². The zero-order chi connectivity index (χ0) is 15.2.